The lowest BCUT2D eigenvalue weighted by Crippen LogP contribution is -2.50. The van der Waals surface area contributed by atoms with Gasteiger partial charge in [0.25, 0.3) is 5.91 Å². The van der Waals surface area contributed by atoms with Gasteiger partial charge in [0.2, 0.25) is 0 Å². The van der Waals surface area contributed by atoms with Crippen LogP contribution in [0.25, 0.3) is 0 Å². The molecule has 1 spiro atoms. The molecule has 2 aliphatic rings. The van der Waals surface area contributed by atoms with Crippen LogP contribution in [-0.2, 0) is 9.53 Å². The second-order valence-electron chi connectivity index (χ2n) is 6.57. The first-order valence-corrected chi connectivity index (χ1v) is 7.59. The molecular formula is C15H26N2O3. The third-order valence-electron chi connectivity index (χ3n) is 4.83. The first-order chi connectivity index (χ1) is 9.41. The highest BCUT2D eigenvalue weighted by Gasteiger charge is 2.52. The number of nitrogens with one attached hydrogen (secondary N) is 1. The van der Waals surface area contributed by atoms with Crippen molar-refractivity contribution < 1.29 is 14.3 Å². The van der Waals surface area contributed by atoms with Crippen LogP contribution < -0.4 is 5.32 Å². The number of amides is 3. The molecule has 0 atom stereocenters. The topological polar surface area (TPSA) is 58.6 Å². The average molecular weight is 282 g/mol. The number of nitrogens with zero attached hydrogens (tertiary/aromatic N) is 1. The molecule has 2 rings (SSSR count). The Morgan fingerprint density at radius 2 is 1.80 bits per heavy atom. The fourth-order valence-corrected chi connectivity index (χ4v) is 3.21. The molecule has 0 aromatic carbocycles. The lowest BCUT2D eigenvalue weighted by atomic mass is 9.88. The molecule has 20 heavy (non-hydrogen) atoms. The number of ether oxygens (including phenoxy) is 1. The molecule has 5 heteroatoms. The van der Waals surface area contributed by atoms with Gasteiger partial charge in [-0.2, -0.15) is 0 Å². The van der Waals surface area contributed by atoms with Crippen molar-refractivity contribution in [2.24, 2.45) is 0 Å². The molecule has 0 unspecified atom stereocenters. The Morgan fingerprint density at radius 1 is 1.20 bits per heavy atom. The number of hydrogen-bond acceptors (Lipinski definition) is 3. The number of carbonyl (C=O) groups is 2. The van der Waals surface area contributed by atoms with Gasteiger partial charge in [-0.25, -0.2) is 4.79 Å². The minimum Gasteiger partial charge on any atom is -0.379 e. The van der Waals surface area contributed by atoms with E-state index in [1.807, 2.05) is 13.8 Å². The van der Waals surface area contributed by atoms with E-state index < -0.39 is 5.54 Å². The van der Waals surface area contributed by atoms with E-state index in [0.29, 0.717) is 6.54 Å². The minimum atomic E-state index is -0.600. The quantitative estimate of drug-likeness (QED) is 0.806. The fraction of sp³-hybridized carbons (Fsp3) is 0.867. The normalized spacial score (nSPS) is 23.1. The van der Waals surface area contributed by atoms with Gasteiger partial charge in [-0.1, -0.05) is 25.7 Å². The Bertz CT molecular complexity index is 385. The van der Waals surface area contributed by atoms with Gasteiger partial charge < -0.3 is 9.64 Å². The highest BCUT2D eigenvalue weighted by molar-refractivity contribution is 6.07. The van der Waals surface area contributed by atoms with E-state index in [-0.39, 0.29) is 17.5 Å². The molecule has 2 fully saturated rings. The van der Waals surface area contributed by atoms with Gasteiger partial charge in [-0.3, -0.25) is 10.1 Å². The van der Waals surface area contributed by atoms with E-state index in [0.717, 1.165) is 44.9 Å². The largest absolute Gasteiger partial charge is 0.379 e. The van der Waals surface area contributed by atoms with Gasteiger partial charge in [0.05, 0.1) is 5.60 Å². The predicted octanol–water partition coefficient (Wildman–Crippen LogP) is 2.45. The van der Waals surface area contributed by atoms with Crippen LogP contribution in [0.2, 0.25) is 0 Å². The number of methoxy groups -OCH3 is 1. The summed E-state index contributed by atoms with van der Waals surface area (Å²) in [7, 11) is 1.68. The van der Waals surface area contributed by atoms with Crippen LogP contribution in [0.15, 0.2) is 0 Å². The Balaban J connectivity index is 2.15. The van der Waals surface area contributed by atoms with Gasteiger partial charge in [0.15, 0.2) is 0 Å². The van der Waals surface area contributed by atoms with E-state index in [1.165, 1.54) is 0 Å². The zero-order valence-electron chi connectivity index (χ0n) is 12.8. The minimum absolute atomic E-state index is 0.0976. The third-order valence-corrected chi connectivity index (χ3v) is 4.83. The van der Waals surface area contributed by atoms with Crippen LogP contribution in [0, 0.1) is 0 Å². The average Bonchev–Trinajstić information content (AvgIpc) is 2.60. The first-order valence-electron chi connectivity index (χ1n) is 7.59. The molecule has 0 aromatic rings. The van der Waals surface area contributed by atoms with Crippen LogP contribution in [0.5, 0.6) is 0 Å². The lowest BCUT2D eigenvalue weighted by Gasteiger charge is -2.36. The number of hydrogen-bond donors (Lipinski definition) is 1. The SMILES string of the molecule is COC(C)(C)CCN1C(=O)NC(=O)C12CCCCCC2. The number of imide groups is 1. The third kappa shape index (κ3) is 2.82. The summed E-state index contributed by atoms with van der Waals surface area (Å²) in [5.74, 6) is -0.0976. The standard InChI is InChI=1S/C15H26N2O3/c1-14(2,20-3)10-11-17-13(19)16-12(18)15(17)8-6-4-5-7-9-15/h4-11H2,1-3H3,(H,16,18,19). The molecule has 114 valence electrons. The molecule has 1 saturated carbocycles. The van der Waals surface area contributed by atoms with Crippen LogP contribution >= 0.6 is 0 Å². The van der Waals surface area contributed by atoms with Crippen molar-refractivity contribution in [3.8, 4) is 0 Å². The Morgan fingerprint density at radius 3 is 2.35 bits per heavy atom. The zero-order chi connectivity index (χ0) is 14.8. The smallest absolute Gasteiger partial charge is 0.325 e. The molecule has 5 nitrogen and oxygen atoms in total. The van der Waals surface area contributed by atoms with Crippen molar-refractivity contribution in [1.82, 2.24) is 10.2 Å². The summed E-state index contributed by atoms with van der Waals surface area (Å²) in [5.41, 5.74) is -0.880. The first kappa shape index (κ1) is 15.3. The molecule has 0 radical (unpaired) electrons. The maximum atomic E-state index is 12.3. The Hall–Kier alpha value is -1.10. The summed E-state index contributed by atoms with van der Waals surface area (Å²) in [6.07, 6.45) is 6.65. The van der Waals surface area contributed by atoms with Crippen molar-refractivity contribution in [3.05, 3.63) is 0 Å². The maximum Gasteiger partial charge on any atom is 0.325 e. The molecular weight excluding hydrogens is 256 g/mol. The van der Waals surface area contributed by atoms with E-state index >= 15 is 0 Å². The van der Waals surface area contributed by atoms with Crippen molar-refractivity contribution in [3.63, 3.8) is 0 Å². The second-order valence-corrected chi connectivity index (χ2v) is 6.57. The van der Waals surface area contributed by atoms with Gasteiger partial charge in [0.1, 0.15) is 5.54 Å². The Labute approximate surface area is 121 Å². The van der Waals surface area contributed by atoms with Gasteiger partial charge >= 0.3 is 6.03 Å². The summed E-state index contributed by atoms with van der Waals surface area (Å²) in [6, 6.07) is -0.233. The molecule has 1 heterocycles. The summed E-state index contributed by atoms with van der Waals surface area (Å²) >= 11 is 0. The molecule has 0 aromatic heterocycles. The van der Waals surface area contributed by atoms with Crippen LogP contribution in [0.1, 0.15) is 58.8 Å². The van der Waals surface area contributed by atoms with Gasteiger partial charge in [-0.15, -0.1) is 0 Å². The number of rotatable bonds is 4. The molecule has 1 N–H and O–H groups in total. The number of urea groups is 1. The van der Waals surface area contributed by atoms with Crippen molar-refractivity contribution >= 4 is 11.9 Å². The van der Waals surface area contributed by atoms with E-state index in [4.69, 9.17) is 4.74 Å². The number of carbonyl (C=O) groups excluding carboxylic acids is 2. The zero-order valence-corrected chi connectivity index (χ0v) is 12.8. The second kappa shape index (κ2) is 5.72. The van der Waals surface area contributed by atoms with Crippen LogP contribution in [0.3, 0.4) is 0 Å². The van der Waals surface area contributed by atoms with Crippen LogP contribution in [-0.4, -0.2) is 41.6 Å². The van der Waals surface area contributed by atoms with E-state index in [1.54, 1.807) is 12.0 Å². The van der Waals surface area contributed by atoms with Crippen LogP contribution in [0.4, 0.5) is 4.79 Å². The predicted molar refractivity (Wildman–Crippen MR) is 76.4 cm³/mol. The molecule has 1 aliphatic carbocycles. The lowest BCUT2D eigenvalue weighted by molar-refractivity contribution is -0.127. The van der Waals surface area contributed by atoms with Crippen molar-refractivity contribution in [2.45, 2.75) is 69.9 Å². The van der Waals surface area contributed by atoms with Crippen molar-refractivity contribution in [2.75, 3.05) is 13.7 Å². The summed E-state index contributed by atoms with van der Waals surface area (Å²) in [6.45, 7) is 4.57. The summed E-state index contributed by atoms with van der Waals surface area (Å²) in [5, 5.41) is 2.52. The summed E-state index contributed by atoms with van der Waals surface area (Å²) in [4.78, 5) is 26.2. The van der Waals surface area contributed by atoms with Crippen molar-refractivity contribution in [1.29, 1.82) is 0 Å². The molecule has 3 amide bonds. The Kier molecular flexibility index (Phi) is 4.37. The molecule has 1 saturated heterocycles. The highest BCUT2D eigenvalue weighted by Crippen LogP contribution is 2.36. The van der Waals surface area contributed by atoms with Gasteiger partial charge in [0, 0.05) is 13.7 Å². The monoisotopic (exact) mass is 282 g/mol. The maximum absolute atomic E-state index is 12.3. The fourth-order valence-electron chi connectivity index (χ4n) is 3.21. The molecule has 1 aliphatic heterocycles. The molecule has 0 bridgehead atoms. The van der Waals surface area contributed by atoms with Gasteiger partial charge in [-0.05, 0) is 33.1 Å². The highest BCUT2D eigenvalue weighted by atomic mass is 16.5. The van der Waals surface area contributed by atoms with E-state index in [9.17, 15) is 9.59 Å². The van der Waals surface area contributed by atoms with E-state index in [2.05, 4.69) is 5.32 Å². The summed E-state index contributed by atoms with van der Waals surface area (Å²) < 4.78 is 5.42.